The van der Waals surface area contributed by atoms with Gasteiger partial charge in [0.15, 0.2) is 0 Å². The lowest BCUT2D eigenvalue weighted by Crippen LogP contribution is -2.41. The number of carbonyl (C=O) groups excluding carboxylic acids is 1. The van der Waals surface area contributed by atoms with Crippen LogP contribution in [0.3, 0.4) is 0 Å². The number of aromatic nitrogens is 4. The van der Waals surface area contributed by atoms with Gasteiger partial charge in [0, 0.05) is 12.0 Å². The van der Waals surface area contributed by atoms with Gasteiger partial charge in [-0.15, -0.1) is 0 Å². The zero-order chi connectivity index (χ0) is 16.3. The van der Waals surface area contributed by atoms with Crippen LogP contribution in [0.2, 0.25) is 0 Å². The minimum atomic E-state index is -0.275. The smallest absolute Gasteiger partial charge is 0.277 e. The van der Waals surface area contributed by atoms with Crippen molar-refractivity contribution in [2.75, 3.05) is 6.61 Å². The number of aliphatic hydroxyl groups is 1. The quantitative estimate of drug-likeness (QED) is 0.683. The molecule has 0 aliphatic carbocycles. The first-order valence-electron chi connectivity index (χ1n) is 7.26. The zero-order valence-electron chi connectivity index (χ0n) is 13.0. The highest BCUT2D eigenvalue weighted by Crippen LogP contribution is 2.05. The van der Waals surface area contributed by atoms with E-state index in [9.17, 15) is 14.7 Å². The molecule has 8 heteroatoms. The first kappa shape index (κ1) is 16.2. The second-order valence-electron chi connectivity index (χ2n) is 5.60. The summed E-state index contributed by atoms with van der Waals surface area (Å²) in [5.74, 6) is 0.265. The third-order valence-corrected chi connectivity index (χ3v) is 3.68. The van der Waals surface area contributed by atoms with Crippen molar-refractivity contribution >= 4 is 11.7 Å². The van der Waals surface area contributed by atoms with Gasteiger partial charge in [-0.3, -0.25) is 14.7 Å². The highest BCUT2D eigenvalue weighted by molar-refractivity contribution is 5.76. The van der Waals surface area contributed by atoms with Crippen molar-refractivity contribution in [3.8, 4) is 0 Å². The molecule has 0 fully saturated rings. The summed E-state index contributed by atoms with van der Waals surface area (Å²) in [6, 6.07) is -0.275. The minimum absolute atomic E-state index is 0.104. The SMILES string of the molecule is Cc1nc2nc[nH]n2c(=O)c1CCC(=O)N[C@@H](CO)C(C)C. The van der Waals surface area contributed by atoms with E-state index in [4.69, 9.17) is 0 Å². The molecule has 8 nitrogen and oxygen atoms in total. The van der Waals surface area contributed by atoms with Crippen LogP contribution < -0.4 is 10.9 Å². The van der Waals surface area contributed by atoms with Gasteiger partial charge in [0.2, 0.25) is 5.91 Å². The van der Waals surface area contributed by atoms with E-state index in [0.29, 0.717) is 23.5 Å². The second kappa shape index (κ2) is 6.69. The summed E-state index contributed by atoms with van der Waals surface area (Å²) < 4.78 is 1.25. The summed E-state index contributed by atoms with van der Waals surface area (Å²) >= 11 is 0. The average Bonchev–Trinajstić information content (AvgIpc) is 2.92. The van der Waals surface area contributed by atoms with Gasteiger partial charge in [-0.25, -0.2) is 9.97 Å². The van der Waals surface area contributed by atoms with E-state index < -0.39 is 0 Å². The molecule has 1 amide bonds. The minimum Gasteiger partial charge on any atom is -0.394 e. The Bertz CT molecular complexity index is 719. The molecule has 0 spiro atoms. The first-order valence-corrected chi connectivity index (χ1v) is 7.26. The van der Waals surface area contributed by atoms with Gasteiger partial charge in [-0.05, 0) is 19.3 Å². The Morgan fingerprint density at radius 2 is 2.23 bits per heavy atom. The lowest BCUT2D eigenvalue weighted by atomic mass is 10.0. The van der Waals surface area contributed by atoms with E-state index >= 15 is 0 Å². The molecule has 22 heavy (non-hydrogen) atoms. The predicted octanol–water partition coefficient (Wildman–Crippen LogP) is -0.208. The van der Waals surface area contributed by atoms with Crippen molar-refractivity contribution in [3.05, 3.63) is 27.9 Å². The maximum atomic E-state index is 12.3. The molecule has 0 aliphatic rings. The number of fused-ring (bicyclic) bond motifs is 1. The van der Waals surface area contributed by atoms with Crippen LogP contribution in [0.5, 0.6) is 0 Å². The van der Waals surface area contributed by atoms with Crippen LogP contribution in [0.4, 0.5) is 0 Å². The molecule has 0 aliphatic heterocycles. The number of carbonyl (C=O) groups is 1. The molecule has 0 bridgehead atoms. The molecule has 2 aromatic heterocycles. The van der Waals surface area contributed by atoms with Gasteiger partial charge in [0.05, 0.1) is 18.3 Å². The van der Waals surface area contributed by atoms with Crippen molar-refractivity contribution in [1.82, 2.24) is 24.9 Å². The van der Waals surface area contributed by atoms with Gasteiger partial charge in [0.25, 0.3) is 11.3 Å². The van der Waals surface area contributed by atoms with Crippen LogP contribution in [0.1, 0.15) is 31.5 Å². The van der Waals surface area contributed by atoms with Crippen LogP contribution in [-0.2, 0) is 11.2 Å². The fraction of sp³-hybridized carbons (Fsp3) is 0.571. The van der Waals surface area contributed by atoms with E-state index in [1.165, 1.54) is 10.8 Å². The summed E-state index contributed by atoms with van der Waals surface area (Å²) in [5.41, 5.74) is 0.824. The molecule has 0 unspecified atom stereocenters. The average molecular weight is 307 g/mol. The number of rotatable bonds is 6. The number of hydrogen-bond donors (Lipinski definition) is 3. The number of hydrogen-bond acceptors (Lipinski definition) is 5. The predicted molar refractivity (Wildman–Crippen MR) is 80.5 cm³/mol. The van der Waals surface area contributed by atoms with E-state index in [2.05, 4.69) is 20.4 Å². The highest BCUT2D eigenvalue weighted by Gasteiger charge is 2.17. The maximum absolute atomic E-state index is 12.3. The number of aromatic amines is 1. The van der Waals surface area contributed by atoms with E-state index in [1.54, 1.807) is 6.92 Å². The Labute approximate surface area is 127 Å². The standard InChI is InChI=1S/C14H21N5O3/c1-8(2)11(6-20)18-12(21)5-4-10-9(3)17-14-15-7-16-19(14)13(10)22/h7-8,11,20H,4-6H2,1-3H3,(H,18,21)(H,15,16,17)/t11-/m0/s1. The second-order valence-corrected chi connectivity index (χ2v) is 5.60. The maximum Gasteiger partial charge on any atom is 0.277 e. The summed E-state index contributed by atoms with van der Waals surface area (Å²) in [4.78, 5) is 32.4. The molecule has 1 atom stereocenters. The van der Waals surface area contributed by atoms with Gasteiger partial charge in [-0.2, -0.15) is 4.52 Å². The Morgan fingerprint density at radius 1 is 1.50 bits per heavy atom. The third kappa shape index (κ3) is 3.33. The molecular formula is C14H21N5O3. The molecule has 0 aromatic carbocycles. The third-order valence-electron chi connectivity index (χ3n) is 3.68. The van der Waals surface area contributed by atoms with Gasteiger partial charge < -0.3 is 10.4 Å². The van der Waals surface area contributed by atoms with Crippen molar-refractivity contribution in [1.29, 1.82) is 0 Å². The molecule has 2 aromatic rings. The zero-order valence-corrected chi connectivity index (χ0v) is 13.0. The fourth-order valence-electron chi connectivity index (χ4n) is 2.22. The van der Waals surface area contributed by atoms with E-state index in [0.717, 1.165) is 0 Å². The van der Waals surface area contributed by atoms with Crippen LogP contribution in [0.15, 0.2) is 11.1 Å². The van der Waals surface area contributed by atoms with E-state index in [-0.39, 0.29) is 36.5 Å². The van der Waals surface area contributed by atoms with Crippen LogP contribution in [0, 0.1) is 12.8 Å². The van der Waals surface area contributed by atoms with Gasteiger partial charge in [-0.1, -0.05) is 13.8 Å². The summed E-state index contributed by atoms with van der Waals surface area (Å²) in [7, 11) is 0. The number of aryl methyl sites for hydroxylation is 1. The summed E-state index contributed by atoms with van der Waals surface area (Å²) in [6.45, 7) is 5.47. The Kier molecular flexibility index (Phi) is 4.92. The van der Waals surface area contributed by atoms with Crippen molar-refractivity contribution in [2.45, 2.75) is 39.7 Å². The largest absolute Gasteiger partial charge is 0.394 e. The Morgan fingerprint density at radius 3 is 2.86 bits per heavy atom. The Balaban J connectivity index is 2.08. The van der Waals surface area contributed by atoms with Crippen molar-refractivity contribution in [2.24, 2.45) is 5.92 Å². The highest BCUT2D eigenvalue weighted by atomic mass is 16.3. The lowest BCUT2D eigenvalue weighted by molar-refractivity contribution is -0.122. The van der Waals surface area contributed by atoms with E-state index in [1.807, 2.05) is 13.8 Å². The lowest BCUT2D eigenvalue weighted by Gasteiger charge is -2.19. The van der Waals surface area contributed by atoms with Crippen LogP contribution in [-0.4, -0.2) is 43.2 Å². The normalized spacial score (nSPS) is 12.8. The molecule has 2 rings (SSSR count). The monoisotopic (exact) mass is 307 g/mol. The first-order chi connectivity index (χ1) is 10.4. The Hall–Kier alpha value is -2.22. The molecule has 0 saturated carbocycles. The van der Waals surface area contributed by atoms with Gasteiger partial charge in [0.1, 0.15) is 6.33 Å². The summed E-state index contributed by atoms with van der Waals surface area (Å²) in [6.07, 6.45) is 1.86. The molecular weight excluding hydrogens is 286 g/mol. The number of aliphatic hydroxyl groups excluding tert-OH is 1. The fourth-order valence-corrected chi connectivity index (χ4v) is 2.22. The van der Waals surface area contributed by atoms with Crippen molar-refractivity contribution < 1.29 is 9.90 Å². The van der Waals surface area contributed by atoms with Crippen LogP contribution in [0.25, 0.3) is 5.78 Å². The number of nitrogens with zero attached hydrogens (tertiary/aromatic N) is 3. The number of amides is 1. The number of nitrogens with one attached hydrogen (secondary N) is 2. The number of H-pyrrole nitrogens is 1. The molecule has 0 saturated heterocycles. The van der Waals surface area contributed by atoms with Gasteiger partial charge >= 0.3 is 0 Å². The molecule has 0 radical (unpaired) electrons. The topological polar surface area (TPSA) is 112 Å². The summed E-state index contributed by atoms with van der Waals surface area (Å²) in [5, 5.41) is 14.7. The molecule has 120 valence electrons. The van der Waals surface area contributed by atoms with Crippen LogP contribution >= 0.6 is 0 Å². The van der Waals surface area contributed by atoms with Crippen molar-refractivity contribution in [3.63, 3.8) is 0 Å². The molecule has 3 N–H and O–H groups in total. The molecule has 2 heterocycles.